The molecular formula is C11H13NO2S. The maximum Gasteiger partial charge on any atom is 0.230 e. The van der Waals surface area contributed by atoms with Gasteiger partial charge in [-0.05, 0) is 19.1 Å². The fourth-order valence-corrected chi connectivity index (χ4v) is 1.69. The molecular weight excluding hydrogens is 210 g/mol. The number of carbonyl (C=O) groups excluding carboxylic acids is 2. The van der Waals surface area contributed by atoms with Crippen LogP contribution in [-0.4, -0.2) is 24.0 Å². The largest absolute Gasteiger partial charge is 0.348 e. The van der Waals surface area contributed by atoms with Gasteiger partial charge in [-0.25, -0.2) is 0 Å². The average Bonchev–Trinajstić information content (AvgIpc) is 2.25. The first-order valence-corrected chi connectivity index (χ1v) is 5.61. The molecule has 0 unspecified atom stereocenters. The number of Topliss-reactive ketones (excluding diaryl/α,β-unsaturated/α-hetero) is 1. The Hall–Kier alpha value is -1.29. The summed E-state index contributed by atoms with van der Waals surface area (Å²) in [7, 11) is 0. The van der Waals surface area contributed by atoms with E-state index < -0.39 is 0 Å². The molecule has 1 amide bonds. The van der Waals surface area contributed by atoms with Gasteiger partial charge in [-0.15, -0.1) is 11.8 Å². The van der Waals surface area contributed by atoms with Gasteiger partial charge < -0.3 is 5.32 Å². The van der Waals surface area contributed by atoms with Crippen molar-refractivity contribution in [2.75, 3.05) is 12.3 Å². The maximum absolute atomic E-state index is 11.2. The smallest absolute Gasteiger partial charge is 0.230 e. The van der Waals surface area contributed by atoms with Gasteiger partial charge in [0.25, 0.3) is 0 Å². The molecule has 0 aromatic heterocycles. The molecule has 1 rings (SSSR count). The van der Waals surface area contributed by atoms with Crippen LogP contribution in [-0.2, 0) is 9.59 Å². The number of benzene rings is 1. The van der Waals surface area contributed by atoms with E-state index in [0.717, 1.165) is 4.90 Å². The second-order valence-electron chi connectivity index (χ2n) is 3.08. The predicted octanol–water partition coefficient (Wildman–Crippen LogP) is 1.48. The Bertz CT molecular complexity index is 338. The summed E-state index contributed by atoms with van der Waals surface area (Å²) in [6.07, 6.45) is 0. The molecule has 0 heterocycles. The van der Waals surface area contributed by atoms with Gasteiger partial charge in [0.15, 0.2) is 0 Å². The molecule has 0 aliphatic rings. The second kappa shape index (κ2) is 6.24. The van der Waals surface area contributed by atoms with Crippen LogP contribution in [0.4, 0.5) is 0 Å². The van der Waals surface area contributed by atoms with E-state index in [1.165, 1.54) is 18.7 Å². The molecule has 80 valence electrons. The molecule has 3 nitrogen and oxygen atoms in total. The number of ketones is 1. The van der Waals surface area contributed by atoms with Crippen LogP contribution in [0.25, 0.3) is 0 Å². The summed E-state index contributed by atoms with van der Waals surface area (Å²) < 4.78 is 0. The van der Waals surface area contributed by atoms with E-state index in [0.29, 0.717) is 5.75 Å². The van der Waals surface area contributed by atoms with E-state index in [4.69, 9.17) is 0 Å². The van der Waals surface area contributed by atoms with Crippen molar-refractivity contribution < 1.29 is 9.59 Å². The van der Waals surface area contributed by atoms with Crippen LogP contribution in [0.2, 0.25) is 0 Å². The number of thioether (sulfide) groups is 1. The third-order valence-corrected chi connectivity index (χ3v) is 2.66. The molecule has 1 aromatic rings. The summed E-state index contributed by atoms with van der Waals surface area (Å²) in [5.74, 6) is 0.198. The average molecular weight is 223 g/mol. The van der Waals surface area contributed by atoms with Crippen molar-refractivity contribution in [1.29, 1.82) is 0 Å². The topological polar surface area (TPSA) is 46.2 Å². The minimum Gasteiger partial charge on any atom is -0.348 e. The van der Waals surface area contributed by atoms with Crippen molar-refractivity contribution in [2.24, 2.45) is 0 Å². The molecule has 0 saturated carbocycles. The molecule has 0 spiro atoms. The van der Waals surface area contributed by atoms with Crippen LogP contribution in [0.5, 0.6) is 0 Å². The van der Waals surface area contributed by atoms with Gasteiger partial charge in [0.2, 0.25) is 5.91 Å². The van der Waals surface area contributed by atoms with Gasteiger partial charge in [-0.2, -0.15) is 0 Å². The lowest BCUT2D eigenvalue weighted by molar-refractivity contribution is -0.122. The molecule has 0 bridgehead atoms. The second-order valence-corrected chi connectivity index (χ2v) is 4.13. The Balaban J connectivity index is 2.26. The van der Waals surface area contributed by atoms with Gasteiger partial charge in [-0.1, -0.05) is 18.2 Å². The molecule has 15 heavy (non-hydrogen) atoms. The number of amides is 1. The van der Waals surface area contributed by atoms with Crippen molar-refractivity contribution in [2.45, 2.75) is 11.8 Å². The normalized spacial score (nSPS) is 9.67. The van der Waals surface area contributed by atoms with Crippen molar-refractivity contribution in [3.8, 4) is 0 Å². The van der Waals surface area contributed by atoms with Crippen LogP contribution >= 0.6 is 11.8 Å². The number of rotatable bonds is 5. The van der Waals surface area contributed by atoms with E-state index in [-0.39, 0.29) is 18.2 Å². The minimum absolute atomic E-state index is 0.0342. The SMILES string of the molecule is CC(=O)CNC(=O)CSc1ccccc1. The van der Waals surface area contributed by atoms with Crippen LogP contribution < -0.4 is 5.32 Å². The van der Waals surface area contributed by atoms with E-state index in [9.17, 15) is 9.59 Å². The quantitative estimate of drug-likeness (QED) is 0.769. The molecule has 4 heteroatoms. The summed E-state index contributed by atoms with van der Waals surface area (Å²) >= 11 is 1.46. The molecule has 0 saturated heterocycles. The van der Waals surface area contributed by atoms with Crippen LogP contribution in [0.15, 0.2) is 35.2 Å². The molecule has 1 aromatic carbocycles. The molecule has 0 aliphatic heterocycles. The van der Waals surface area contributed by atoms with Crippen molar-refractivity contribution in [3.05, 3.63) is 30.3 Å². The highest BCUT2D eigenvalue weighted by molar-refractivity contribution is 8.00. The summed E-state index contributed by atoms with van der Waals surface area (Å²) in [5, 5.41) is 2.54. The molecule has 0 atom stereocenters. The lowest BCUT2D eigenvalue weighted by Crippen LogP contribution is -2.29. The highest BCUT2D eigenvalue weighted by Gasteiger charge is 2.02. The first-order chi connectivity index (χ1) is 7.18. The van der Waals surface area contributed by atoms with Crippen LogP contribution in [0, 0.1) is 0 Å². The van der Waals surface area contributed by atoms with Gasteiger partial charge in [0.1, 0.15) is 5.78 Å². The summed E-state index contributed by atoms with van der Waals surface area (Å²) in [6.45, 7) is 1.57. The lowest BCUT2D eigenvalue weighted by atomic mass is 10.4. The fourth-order valence-electron chi connectivity index (χ4n) is 0.940. The fraction of sp³-hybridized carbons (Fsp3) is 0.273. The zero-order chi connectivity index (χ0) is 11.1. The van der Waals surface area contributed by atoms with Crippen LogP contribution in [0.3, 0.4) is 0 Å². The Morgan fingerprint density at radius 1 is 1.27 bits per heavy atom. The van der Waals surface area contributed by atoms with Gasteiger partial charge >= 0.3 is 0 Å². The molecule has 0 radical (unpaired) electrons. The third kappa shape index (κ3) is 5.22. The zero-order valence-electron chi connectivity index (χ0n) is 8.53. The Morgan fingerprint density at radius 2 is 1.93 bits per heavy atom. The zero-order valence-corrected chi connectivity index (χ0v) is 9.34. The summed E-state index contributed by atoms with van der Waals surface area (Å²) in [4.78, 5) is 22.9. The molecule has 1 N–H and O–H groups in total. The van der Waals surface area contributed by atoms with Gasteiger partial charge in [-0.3, -0.25) is 9.59 Å². The minimum atomic E-state index is -0.112. The van der Waals surface area contributed by atoms with Crippen molar-refractivity contribution >= 4 is 23.5 Å². The molecule has 0 aliphatic carbocycles. The highest BCUT2D eigenvalue weighted by atomic mass is 32.2. The first kappa shape index (κ1) is 11.8. The Kier molecular flexibility index (Phi) is 4.90. The van der Waals surface area contributed by atoms with E-state index in [2.05, 4.69) is 5.32 Å². The van der Waals surface area contributed by atoms with Crippen LogP contribution in [0.1, 0.15) is 6.92 Å². The number of carbonyl (C=O) groups is 2. The predicted molar refractivity (Wildman–Crippen MR) is 60.9 cm³/mol. The molecule has 0 fully saturated rings. The standard InChI is InChI=1S/C11H13NO2S/c1-9(13)7-12-11(14)8-15-10-5-3-2-4-6-10/h2-6H,7-8H2,1H3,(H,12,14). The van der Waals surface area contributed by atoms with E-state index >= 15 is 0 Å². The monoisotopic (exact) mass is 223 g/mol. The number of hydrogen-bond acceptors (Lipinski definition) is 3. The highest BCUT2D eigenvalue weighted by Crippen LogP contribution is 2.15. The number of nitrogens with one attached hydrogen (secondary N) is 1. The Morgan fingerprint density at radius 3 is 2.53 bits per heavy atom. The van der Waals surface area contributed by atoms with Crippen molar-refractivity contribution in [3.63, 3.8) is 0 Å². The van der Waals surface area contributed by atoms with E-state index in [1.54, 1.807) is 0 Å². The first-order valence-electron chi connectivity index (χ1n) is 4.62. The Labute approximate surface area is 93.3 Å². The summed E-state index contributed by atoms with van der Waals surface area (Å²) in [5.41, 5.74) is 0. The maximum atomic E-state index is 11.2. The third-order valence-electron chi connectivity index (χ3n) is 1.65. The lowest BCUT2D eigenvalue weighted by Gasteiger charge is -2.02. The van der Waals surface area contributed by atoms with Gasteiger partial charge in [0.05, 0.1) is 12.3 Å². The summed E-state index contributed by atoms with van der Waals surface area (Å²) in [6, 6.07) is 9.68. The van der Waals surface area contributed by atoms with E-state index in [1.807, 2.05) is 30.3 Å². The van der Waals surface area contributed by atoms with Crippen molar-refractivity contribution in [1.82, 2.24) is 5.32 Å². The van der Waals surface area contributed by atoms with Gasteiger partial charge in [0, 0.05) is 4.90 Å². The number of hydrogen-bond donors (Lipinski definition) is 1.